The summed E-state index contributed by atoms with van der Waals surface area (Å²) in [6.45, 7) is 5.65. The van der Waals surface area contributed by atoms with Gasteiger partial charge in [0.1, 0.15) is 0 Å². The van der Waals surface area contributed by atoms with Crippen molar-refractivity contribution in [1.82, 2.24) is 4.90 Å². The Morgan fingerprint density at radius 2 is 2.17 bits per heavy atom. The van der Waals surface area contributed by atoms with E-state index in [0.717, 1.165) is 13.0 Å². The fraction of sp³-hybridized carbons (Fsp3) is 0.444. The third kappa shape index (κ3) is 3.43. The van der Waals surface area contributed by atoms with Crippen LogP contribution in [0.2, 0.25) is 0 Å². The largest absolute Gasteiger partial charge is 0.463 e. The van der Waals surface area contributed by atoms with Crippen LogP contribution in [0.5, 0.6) is 0 Å². The van der Waals surface area contributed by atoms with Crippen LogP contribution in [0.25, 0.3) is 0 Å². The molecule has 0 spiro atoms. The Labute approximate surface area is 146 Å². The van der Waals surface area contributed by atoms with Crippen LogP contribution in [0, 0.1) is 0 Å². The fourth-order valence-electron chi connectivity index (χ4n) is 3.23. The smallest absolute Gasteiger partial charge is 0.333 e. The third-order valence-electron chi connectivity index (χ3n) is 4.35. The van der Waals surface area contributed by atoms with E-state index in [4.69, 9.17) is 4.74 Å². The van der Waals surface area contributed by atoms with Crippen molar-refractivity contribution in [3.05, 3.63) is 40.9 Å². The van der Waals surface area contributed by atoms with E-state index in [2.05, 4.69) is 30.0 Å². The topological polar surface area (TPSA) is 49.9 Å². The predicted molar refractivity (Wildman–Crippen MR) is 95.8 cm³/mol. The number of para-hydroxylation sites is 1. The number of ether oxygens (including phenoxy) is 1. The maximum atomic E-state index is 12.1. The van der Waals surface area contributed by atoms with Crippen LogP contribution in [-0.4, -0.2) is 48.3 Å². The SMILES string of the molecule is CCOC(=O)/C=C1\SCC(=O)N1CCN1c2ccccc2C[C@H]1C. The van der Waals surface area contributed by atoms with Crippen LogP contribution in [-0.2, 0) is 20.7 Å². The Morgan fingerprint density at radius 3 is 2.96 bits per heavy atom. The van der Waals surface area contributed by atoms with E-state index < -0.39 is 0 Å². The first-order valence-corrected chi connectivity index (χ1v) is 9.25. The summed E-state index contributed by atoms with van der Waals surface area (Å²) in [6.07, 6.45) is 2.46. The lowest BCUT2D eigenvalue weighted by Crippen LogP contribution is -2.38. The highest BCUT2D eigenvalue weighted by atomic mass is 32.2. The van der Waals surface area contributed by atoms with Crippen molar-refractivity contribution in [2.24, 2.45) is 0 Å². The van der Waals surface area contributed by atoms with E-state index in [0.29, 0.717) is 30.0 Å². The second-order valence-corrected chi connectivity index (χ2v) is 6.94. The van der Waals surface area contributed by atoms with Gasteiger partial charge in [-0.1, -0.05) is 30.0 Å². The second kappa shape index (κ2) is 7.30. The molecule has 0 aromatic heterocycles. The number of carbonyl (C=O) groups excluding carboxylic acids is 2. The van der Waals surface area contributed by atoms with E-state index in [-0.39, 0.29) is 11.9 Å². The maximum Gasteiger partial charge on any atom is 0.333 e. The van der Waals surface area contributed by atoms with Gasteiger partial charge in [-0.2, -0.15) is 0 Å². The van der Waals surface area contributed by atoms with Gasteiger partial charge in [0.15, 0.2) is 0 Å². The third-order valence-corrected chi connectivity index (χ3v) is 5.38. The van der Waals surface area contributed by atoms with Gasteiger partial charge in [-0.25, -0.2) is 4.79 Å². The number of carbonyl (C=O) groups is 2. The molecule has 5 nitrogen and oxygen atoms in total. The standard InChI is InChI=1S/C18H22N2O3S/c1-3-23-18(22)11-17-20(16(21)12-24-17)9-8-19-13(2)10-14-6-4-5-7-15(14)19/h4-7,11,13H,3,8-10,12H2,1-2H3/b17-11-/t13-/m1/s1. The van der Waals surface area contributed by atoms with Crippen LogP contribution in [0.15, 0.2) is 35.4 Å². The van der Waals surface area contributed by atoms with E-state index in [1.807, 2.05) is 6.07 Å². The number of benzene rings is 1. The van der Waals surface area contributed by atoms with Crippen molar-refractivity contribution in [3.63, 3.8) is 0 Å². The fourth-order valence-corrected chi connectivity index (χ4v) is 4.19. The zero-order valence-corrected chi connectivity index (χ0v) is 14.8. The Bertz CT molecular complexity index is 674. The highest BCUT2D eigenvalue weighted by Crippen LogP contribution is 2.33. The Balaban J connectivity index is 1.69. The van der Waals surface area contributed by atoms with Crippen molar-refractivity contribution < 1.29 is 14.3 Å². The number of esters is 1. The summed E-state index contributed by atoms with van der Waals surface area (Å²) in [4.78, 5) is 27.9. The lowest BCUT2D eigenvalue weighted by molar-refractivity contribution is -0.137. The molecule has 6 heteroatoms. The Kier molecular flexibility index (Phi) is 5.14. The maximum absolute atomic E-state index is 12.1. The number of anilines is 1. The molecule has 1 aromatic carbocycles. The minimum atomic E-state index is -0.389. The Hall–Kier alpha value is -1.95. The number of fused-ring (bicyclic) bond motifs is 1. The number of rotatable bonds is 5. The van der Waals surface area contributed by atoms with Gasteiger partial charge in [-0.15, -0.1) is 0 Å². The second-order valence-electron chi connectivity index (χ2n) is 5.94. The van der Waals surface area contributed by atoms with Gasteiger partial charge in [0, 0.05) is 24.8 Å². The minimum Gasteiger partial charge on any atom is -0.463 e. The molecule has 1 saturated heterocycles. The zero-order chi connectivity index (χ0) is 17.1. The molecule has 0 radical (unpaired) electrons. The number of amides is 1. The highest BCUT2D eigenvalue weighted by Gasteiger charge is 2.30. The van der Waals surface area contributed by atoms with Crippen LogP contribution in [0.1, 0.15) is 19.4 Å². The molecule has 2 aliphatic rings. The van der Waals surface area contributed by atoms with Crippen molar-refractivity contribution in [1.29, 1.82) is 0 Å². The van der Waals surface area contributed by atoms with Gasteiger partial charge in [-0.05, 0) is 31.9 Å². The lowest BCUT2D eigenvalue weighted by Gasteiger charge is -2.27. The molecular weight excluding hydrogens is 324 g/mol. The average molecular weight is 346 g/mol. The van der Waals surface area contributed by atoms with E-state index in [1.54, 1.807) is 11.8 Å². The summed E-state index contributed by atoms with van der Waals surface area (Å²) in [5.74, 6) is 0.0486. The first-order chi connectivity index (χ1) is 11.6. The molecule has 1 aromatic rings. The van der Waals surface area contributed by atoms with Gasteiger partial charge >= 0.3 is 5.97 Å². The normalized spacial score (nSPS) is 21.5. The van der Waals surface area contributed by atoms with Crippen molar-refractivity contribution >= 4 is 29.3 Å². The minimum absolute atomic E-state index is 0.0516. The monoisotopic (exact) mass is 346 g/mol. The predicted octanol–water partition coefficient (Wildman–Crippen LogP) is 2.42. The van der Waals surface area contributed by atoms with Gasteiger partial charge in [0.05, 0.1) is 23.5 Å². The molecule has 0 N–H and O–H groups in total. The van der Waals surface area contributed by atoms with Crippen LogP contribution < -0.4 is 4.90 Å². The average Bonchev–Trinajstić information content (AvgIpc) is 3.05. The molecule has 1 fully saturated rings. The quantitative estimate of drug-likeness (QED) is 0.605. The summed E-state index contributed by atoms with van der Waals surface area (Å²) in [7, 11) is 0. The molecule has 0 saturated carbocycles. The summed E-state index contributed by atoms with van der Waals surface area (Å²) in [6, 6.07) is 8.83. The van der Waals surface area contributed by atoms with Gasteiger partial charge in [0.2, 0.25) is 5.91 Å². The highest BCUT2D eigenvalue weighted by molar-refractivity contribution is 8.04. The number of hydrogen-bond acceptors (Lipinski definition) is 5. The van der Waals surface area contributed by atoms with Crippen molar-refractivity contribution in [2.75, 3.05) is 30.3 Å². The zero-order valence-electron chi connectivity index (χ0n) is 14.0. The van der Waals surface area contributed by atoms with Gasteiger partial charge in [0.25, 0.3) is 0 Å². The van der Waals surface area contributed by atoms with E-state index >= 15 is 0 Å². The summed E-state index contributed by atoms with van der Waals surface area (Å²) < 4.78 is 4.95. The molecule has 24 heavy (non-hydrogen) atoms. The molecule has 0 unspecified atom stereocenters. The van der Waals surface area contributed by atoms with E-state index in [1.165, 1.54) is 29.1 Å². The van der Waals surface area contributed by atoms with Crippen molar-refractivity contribution in [3.8, 4) is 0 Å². The molecule has 2 heterocycles. The number of thioether (sulfide) groups is 1. The summed E-state index contributed by atoms with van der Waals surface area (Å²) >= 11 is 1.40. The number of hydrogen-bond donors (Lipinski definition) is 0. The van der Waals surface area contributed by atoms with Gasteiger partial charge in [-0.3, -0.25) is 4.79 Å². The van der Waals surface area contributed by atoms with Crippen LogP contribution in [0.3, 0.4) is 0 Å². The summed E-state index contributed by atoms with van der Waals surface area (Å²) in [5.41, 5.74) is 2.61. The molecule has 0 aliphatic carbocycles. The van der Waals surface area contributed by atoms with Crippen LogP contribution >= 0.6 is 11.8 Å². The van der Waals surface area contributed by atoms with Crippen LogP contribution in [0.4, 0.5) is 5.69 Å². The van der Waals surface area contributed by atoms with E-state index in [9.17, 15) is 9.59 Å². The molecule has 3 rings (SSSR count). The van der Waals surface area contributed by atoms with Crippen molar-refractivity contribution in [2.45, 2.75) is 26.3 Å². The molecule has 1 amide bonds. The molecule has 2 aliphatic heterocycles. The molecule has 0 bridgehead atoms. The Morgan fingerprint density at radius 1 is 1.38 bits per heavy atom. The number of nitrogens with zero attached hydrogens (tertiary/aromatic N) is 2. The molecule has 128 valence electrons. The first-order valence-electron chi connectivity index (χ1n) is 8.26. The lowest BCUT2D eigenvalue weighted by atomic mass is 10.1. The first kappa shape index (κ1) is 16.9. The molecule has 1 atom stereocenters. The van der Waals surface area contributed by atoms with Gasteiger partial charge < -0.3 is 14.5 Å². The molecular formula is C18H22N2O3S. The summed E-state index contributed by atoms with van der Waals surface area (Å²) in [5, 5.41) is 0.693.